The van der Waals surface area contributed by atoms with Gasteiger partial charge >= 0.3 is 12.6 Å². The first-order chi connectivity index (χ1) is 13.8. The van der Waals surface area contributed by atoms with Crippen molar-refractivity contribution in [3.05, 3.63) is 52.8 Å². The molecule has 3 rings (SSSR count). The maximum absolute atomic E-state index is 12.6. The molecule has 2 aromatic rings. The number of rotatable bonds is 8. The number of Topliss-reactive ketones (excluding diaryl/α,β-unsaturated/α-hetero) is 1. The monoisotopic (exact) mass is 407 g/mol. The second-order valence-corrected chi connectivity index (χ2v) is 6.93. The summed E-state index contributed by atoms with van der Waals surface area (Å²) >= 11 is 0. The van der Waals surface area contributed by atoms with Crippen molar-refractivity contribution in [2.24, 2.45) is 0 Å². The van der Waals surface area contributed by atoms with Gasteiger partial charge in [0.15, 0.2) is 6.61 Å². The number of carbonyl (C=O) groups excluding carboxylic acids is 2. The Morgan fingerprint density at radius 3 is 2.59 bits per heavy atom. The molecule has 0 bridgehead atoms. The van der Waals surface area contributed by atoms with Crippen molar-refractivity contribution in [1.29, 1.82) is 0 Å². The Morgan fingerprint density at radius 2 is 1.97 bits per heavy atom. The highest BCUT2D eigenvalue weighted by Crippen LogP contribution is 2.21. The van der Waals surface area contributed by atoms with E-state index >= 15 is 0 Å². The van der Waals surface area contributed by atoms with Crippen molar-refractivity contribution < 1.29 is 32.6 Å². The molecule has 1 aromatic heterocycles. The van der Waals surface area contributed by atoms with Crippen molar-refractivity contribution in [2.75, 3.05) is 13.2 Å². The number of nitrogens with zero attached hydrogens (tertiary/aromatic N) is 1. The Labute approximate surface area is 167 Å². The van der Waals surface area contributed by atoms with E-state index in [9.17, 15) is 18.4 Å². The fraction of sp³-hybridized carbons (Fsp3) is 0.429. The van der Waals surface area contributed by atoms with E-state index in [4.69, 9.17) is 9.47 Å². The normalized spacial score (nSPS) is 16.2. The number of esters is 1. The third kappa shape index (κ3) is 5.20. The molecule has 0 saturated carbocycles. The number of carbonyl (C=O) groups is 2. The van der Waals surface area contributed by atoms with Gasteiger partial charge in [0.1, 0.15) is 5.75 Å². The zero-order valence-electron chi connectivity index (χ0n) is 16.3. The number of hydrogen-bond acceptors (Lipinski definition) is 5. The first kappa shape index (κ1) is 21.0. The molecule has 156 valence electrons. The molecule has 0 aliphatic carbocycles. The van der Waals surface area contributed by atoms with Gasteiger partial charge in [0.25, 0.3) is 0 Å². The highest BCUT2D eigenvalue weighted by atomic mass is 19.3. The Balaban J connectivity index is 1.59. The zero-order chi connectivity index (χ0) is 21.0. The predicted octanol–water partition coefficient (Wildman–Crippen LogP) is 3.93. The van der Waals surface area contributed by atoms with E-state index in [0.29, 0.717) is 12.1 Å². The molecular formula is C21H23F2NO5. The lowest BCUT2D eigenvalue weighted by Gasteiger charge is -2.14. The van der Waals surface area contributed by atoms with Crippen LogP contribution in [-0.4, -0.2) is 42.2 Å². The van der Waals surface area contributed by atoms with E-state index in [2.05, 4.69) is 4.74 Å². The quantitative estimate of drug-likeness (QED) is 0.490. The molecule has 0 spiro atoms. The molecule has 2 heterocycles. The minimum Gasteiger partial charge on any atom is -0.454 e. The number of aryl methyl sites for hydroxylation is 1. The van der Waals surface area contributed by atoms with Crippen molar-refractivity contribution in [2.45, 2.75) is 45.9 Å². The van der Waals surface area contributed by atoms with Crippen LogP contribution < -0.4 is 4.74 Å². The van der Waals surface area contributed by atoms with Crippen molar-refractivity contribution >= 4 is 11.8 Å². The number of halogens is 2. The predicted molar refractivity (Wildman–Crippen MR) is 101 cm³/mol. The van der Waals surface area contributed by atoms with E-state index in [1.54, 1.807) is 6.07 Å². The first-order valence-corrected chi connectivity index (χ1v) is 9.38. The molecule has 29 heavy (non-hydrogen) atoms. The van der Waals surface area contributed by atoms with Gasteiger partial charge in [-0.3, -0.25) is 4.79 Å². The van der Waals surface area contributed by atoms with Crippen LogP contribution in [0.25, 0.3) is 0 Å². The molecule has 0 amide bonds. The maximum Gasteiger partial charge on any atom is 0.387 e. The summed E-state index contributed by atoms with van der Waals surface area (Å²) < 4.78 is 41.4. The lowest BCUT2D eigenvalue weighted by Crippen LogP contribution is -2.18. The van der Waals surface area contributed by atoms with Crippen LogP contribution in [0.1, 0.15) is 44.9 Å². The van der Waals surface area contributed by atoms with Gasteiger partial charge < -0.3 is 18.8 Å². The van der Waals surface area contributed by atoms with Crippen LogP contribution in [0.4, 0.5) is 8.78 Å². The fourth-order valence-electron chi connectivity index (χ4n) is 3.42. The molecule has 0 radical (unpaired) electrons. The molecule has 0 N–H and O–H groups in total. The second-order valence-electron chi connectivity index (χ2n) is 6.93. The summed E-state index contributed by atoms with van der Waals surface area (Å²) in [7, 11) is 0. The molecular weight excluding hydrogens is 384 g/mol. The molecule has 1 aliphatic rings. The number of ketones is 1. The van der Waals surface area contributed by atoms with Gasteiger partial charge in [-0.1, -0.05) is 0 Å². The highest BCUT2D eigenvalue weighted by Gasteiger charge is 2.22. The van der Waals surface area contributed by atoms with Gasteiger partial charge in [0.2, 0.25) is 5.78 Å². The Kier molecular flexibility index (Phi) is 6.64. The Hall–Kier alpha value is -2.74. The SMILES string of the molecule is Cc1cc(C(=O)COC(=O)c2ccc(OC(F)F)cc2)c(C)n1C[C@H]1CCCO1. The van der Waals surface area contributed by atoms with Gasteiger partial charge in [-0.25, -0.2) is 4.79 Å². The van der Waals surface area contributed by atoms with Crippen LogP contribution in [0.15, 0.2) is 30.3 Å². The standard InChI is InChI=1S/C21H23F2NO5/c1-13-10-18(14(2)24(13)11-17-4-3-9-27-17)19(25)12-28-20(26)15-5-7-16(8-6-15)29-21(22)23/h5-8,10,17,21H,3-4,9,11-12H2,1-2H3/t17-/m1/s1. The molecule has 1 atom stereocenters. The summed E-state index contributed by atoms with van der Waals surface area (Å²) in [5, 5.41) is 0. The van der Waals surface area contributed by atoms with Crippen LogP contribution in [0.2, 0.25) is 0 Å². The average molecular weight is 407 g/mol. The lowest BCUT2D eigenvalue weighted by molar-refractivity contribution is -0.0498. The summed E-state index contributed by atoms with van der Waals surface area (Å²) in [5.41, 5.74) is 2.41. The summed E-state index contributed by atoms with van der Waals surface area (Å²) in [4.78, 5) is 24.7. The summed E-state index contributed by atoms with van der Waals surface area (Å²) in [5.74, 6) is -1.08. The van der Waals surface area contributed by atoms with Crippen LogP contribution in [0.5, 0.6) is 5.75 Å². The molecule has 1 aliphatic heterocycles. The lowest BCUT2D eigenvalue weighted by atomic mass is 10.1. The summed E-state index contributed by atoms with van der Waals surface area (Å²) in [6.07, 6.45) is 2.19. The molecule has 1 fully saturated rings. The van der Waals surface area contributed by atoms with Crippen LogP contribution >= 0.6 is 0 Å². The minimum atomic E-state index is -2.94. The molecule has 1 saturated heterocycles. The van der Waals surface area contributed by atoms with Crippen LogP contribution in [0.3, 0.4) is 0 Å². The Morgan fingerprint density at radius 1 is 1.24 bits per heavy atom. The van der Waals surface area contributed by atoms with Crippen molar-refractivity contribution in [3.63, 3.8) is 0 Å². The van der Waals surface area contributed by atoms with E-state index in [-0.39, 0.29) is 23.2 Å². The zero-order valence-corrected chi connectivity index (χ0v) is 16.3. The van der Waals surface area contributed by atoms with Crippen LogP contribution in [-0.2, 0) is 16.0 Å². The summed E-state index contributed by atoms with van der Waals surface area (Å²) in [6, 6.07) is 6.87. The van der Waals surface area contributed by atoms with Gasteiger partial charge in [0.05, 0.1) is 11.7 Å². The van der Waals surface area contributed by atoms with Crippen LogP contribution in [0, 0.1) is 13.8 Å². The number of hydrogen-bond donors (Lipinski definition) is 0. The number of alkyl halides is 2. The molecule has 1 aromatic carbocycles. The topological polar surface area (TPSA) is 66.8 Å². The molecule has 6 nitrogen and oxygen atoms in total. The van der Waals surface area contributed by atoms with Gasteiger partial charge in [0, 0.05) is 30.1 Å². The average Bonchev–Trinajstić information content (AvgIpc) is 3.30. The smallest absolute Gasteiger partial charge is 0.387 e. The number of ether oxygens (including phenoxy) is 3. The molecule has 0 unspecified atom stereocenters. The summed E-state index contributed by atoms with van der Waals surface area (Å²) in [6.45, 7) is 1.90. The van der Waals surface area contributed by atoms with E-state index in [1.807, 2.05) is 18.4 Å². The highest BCUT2D eigenvalue weighted by molar-refractivity contribution is 6.00. The van der Waals surface area contributed by atoms with Crippen molar-refractivity contribution in [1.82, 2.24) is 4.57 Å². The van der Waals surface area contributed by atoms with Gasteiger partial charge in [-0.15, -0.1) is 0 Å². The van der Waals surface area contributed by atoms with Crippen molar-refractivity contribution in [3.8, 4) is 5.75 Å². The molecule has 8 heteroatoms. The number of benzene rings is 1. The Bertz CT molecular complexity index is 870. The minimum absolute atomic E-state index is 0.0636. The van der Waals surface area contributed by atoms with Gasteiger partial charge in [-0.05, 0) is 57.0 Å². The van der Waals surface area contributed by atoms with E-state index < -0.39 is 19.2 Å². The fourth-order valence-corrected chi connectivity index (χ4v) is 3.42. The third-order valence-corrected chi connectivity index (χ3v) is 4.93. The first-order valence-electron chi connectivity index (χ1n) is 9.38. The van der Waals surface area contributed by atoms with E-state index in [0.717, 1.165) is 30.8 Å². The van der Waals surface area contributed by atoms with Gasteiger partial charge in [-0.2, -0.15) is 8.78 Å². The maximum atomic E-state index is 12.6. The second kappa shape index (κ2) is 9.17. The largest absolute Gasteiger partial charge is 0.454 e. The number of aromatic nitrogens is 1. The van der Waals surface area contributed by atoms with E-state index in [1.165, 1.54) is 24.3 Å². The third-order valence-electron chi connectivity index (χ3n) is 4.93.